The van der Waals surface area contributed by atoms with Crippen LogP contribution in [0, 0.1) is 5.82 Å². The number of benzene rings is 1. The van der Waals surface area contributed by atoms with E-state index in [9.17, 15) is 4.39 Å². The number of rotatable bonds is 4. The average molecular weight is 348 g/mol. The van der Waals surface area contributed by atoms with Gasteiger partial charge in [0.25, 0.3) is 0 Å². The predicted molar refractivity (Wildman–Crippen MR) is 96.9 cm³/mol. The Labute approximate surface area is 144 Å². The zero-order valence-electron chi connectivity index (χ0n) is 13.8. The van der Waals surface area contributed by atoms with E-state index in [1.165, 1.54) is 0 Å². The van der Waals surface area contributed by atoms with Crippen molar-refractivity contribution in [1.82, 2.24) is 20.0 Å². The summed E-state index contributed by atoms with van der Waals surface area (Å²) in [6.07, 6.45) is 6.73. The molecule has 2 heterocycles. The Hall–Kier alpha value is -2.47. The number of fused-ring (bicyclic) bond motifs is 1. The Bertz CT molecular complexity index is 865. The predicted octanol–water partition coefficient (Wildman–Crippen LogP) is 4.69. The lowest BCUT2D eigenvalue weighted by molar-refractivity contribution is 0.588. The van der Waals surface area contributed by atoms with Gasteiger partial charge in [0.2, 0.25) is 0 Å². The summed E-state index contributed by atoms with van der Waals surface area (Å²) in [5.41, 5.74) is 1.99. The monoisotopic (exact) mass is 347 g/mol. The van der Waals surface area contributed by atoms with Gasteiger partial charge in [0.15, 0.2) is 0 Å². The number of hydrogen-bond donors (Lipinski definition) is 1. The normalized spacial score (nSPS) is 11.3. The van der Waals surface area contributed by atoms with Gasteiger partial charge in [0.05, 0.1) is 29.0 Å². The minimum atomic E-state index is -0.507. The van der Waals surface area contributed by atoms with Crippen molar-refractivity contribution in [3.8, 4) is 0 Å². The molecule has 24 heavy (non-hydrogen) atoms. The van der Waals surface area contributed by atoms with Crippen LogP contribution >= 0.6 is 11.6 Å². The summed E-state index contributed by atoms with van der Waals surface area (Å²) in [5, 5.41) is 11.7. The molecule has 0 saturated heterocycles. The van der Waals surface area contributed by atoms with Crippen molar-refractivity contribution >= 4 is 34.9 Å². The molecule has 126 valence electrons. The Morgan fingerprint density at radius 1 is 1.50 bits per heavy atom. The lowest BCUT2D eigenvalue weighted by atomic mass is 10.0. The van der Waals surface area contributed by atoms with Gasteiger partial charge in [-0.15, -0.1) is 0 Å². The first-order valence-electron chi connectivity index (χ1n) is 7.61. The molecule has 0 radical (unpaired) electrons. The second-order valence-electron chi connectivity index (χ2n) is 4.68. The minimum absolute atomic E-state index is 0.0107. The van der Waals surface area contributed by atoms with Crippen LogP contribution in [0.3, 0.4) is 0 Å². The quantitative estimate of drug-likeness (QED) is 0.696. The van der Waals surface area contributed by atoms with Gasteiger partial charge in [-0.25, -0.2) is 4.39 Å². The molecule has 3 rings (SSSR count). The highest BCUT2D eigenvalue weighted by Crippen LogP contribution is 2.36. The van der Waals surface area contributed by atoms with E-state index in [1.54, 1.807) is 42.3 Å². The maximum atomic E-state index is 14.8. The van der Waals surface area contributed by atoms with Crippen molar-refractivity contribution < 1.29 is 4.39 Å². The van der Waals surface area contributed by atoms with Crippen LogP contribution in [0.25, 0.3) is 16.6 Å². The molecule has 1 aromatic carbocycles. The van der Waals surface area contributed by atoms with E-state index in [4.69, 9.17) is 11.6 Å². The fourth-order valence-electron chi connectivity index (χ4n) is 2.45. The highest BCUT2D eigenvalue weighted by atomic mass is 35.5. The molecule has 0 aliphatic heterocycles. The summed E-state index contributed by atoms with van der Waals surface area (Å²) < 4.78 is 16.4. The molecule has 3 aromatic rings. The number of hydrogen-bond acceptors (Lipinski definition) is 3. The van der Waals surface area contributed by atoms with Gasteiger partial charge in [-0.3, -0.25) is 14.8 Å². The second kappa shape index (κ2) is 7.88. The number of aromatic nitrogens is 4. The number of H-pyrrole nitrogens is 1. The molecule has 0 amide bonds. The molecule has 0 bridgehead atoms. The van der Waals surface area contributed by atoms with E-state index in [0.29, 0.717) is 27.7 Å². The summed E-state index contributed by atoms with van der Waals surface area (Å²) >= 11 is 6.25. The summed E-state index contributed by atoms with van der Waals surface area (Å²) in [6.45, 7) is 9.56. The fourth-order valence-corrected chi connectivity index (χ4v) is 2.76. The van der Waals surface area contributed by atoms with Crippen LogP contribution in [0.1, 0.15) is 31.9 Å². The van der Waals surface area contributed by atoms with Crippen LogP contribution in [-0.2, 0) is 6.54 Å². The van der Waals surface area contributed by atoms with Crippen molar-refractivity contribution in [3.05, 3.63) is 52.7 Å². The van der Waals surface area contributed by atoms with E-state index in [2.05, 4.69) is 27.0 Å². The Balaban J connectivity index is 0.00000100. The van der Waals surface area contributed by atoms with Crippen molar-refractivity contribution in [2.75, 3.05) is 0 Å². The standard InChI is InChI=1S/C15H13ClFN5.C2H6/c1-3-11(18-2)12-9-7-19-21-15(9)10(14(17)13(12)16)8-22-6-4-5-20-22;1-2/h3-7H,2,8H2,1H3,(H,19,21);1-2H3/b11-3-;. The largest absolute Gasteiger partial charge is 0.277 e. The van der Waals surface area contributed by atoms with Crippen LogP contribution in [-0.4, -0.2) is 26.7 Å². The van der Waals surface area contributed by atoms with Crippen molar-refractivity contribution in [2.24, 2.45) is 4.99 Å². The Morgan fingerprint density at radius 2 is 2.25 bits per heavy atom. The van der Waals surface area contributed by atoms with E-state index in [1.807, 2.05) is 13.8 Å². The average Bonchev–Trinajstić information content (AvgIpc) is 3.29. The topological polar surface area (TPSA) is 58.9 Å². The molecule has 5 nitrogen and oxygen atoms in total. The van der Waals surface area contributed by atoms with Crippen molar-refractivity contribution in [3.63, 3.8) is 0 Å². The maximum absolute atomic E-state index is 14.8. The summed E-state index contributed by atoms with van der Waals surface area (Å²) in [5.74, 6) is -0.507. The number of nitrogens with zero attached hydrogens (tertiary/aromatic N) is 4. The Morgan fingerprint density at radius 3 is 2.83 bits per heavy atom. The summed E-state index contributed by atoms with van der Waals surface area (Å²) in [4.78, 5) is 3.91. The zero-order valence-corrected chi connectivity index (χ0v) is 14.6. The highest BCUT2D eigenvalue weighted by molar-refractivity contribution is 6.34. The molecule has 7 heteroatoms. The molecule has 2 aromatic heterocycles. The molecular formula is C17H19ClFN5. The van der Waals surface area contributed by atoms with Gasteiger partial charge in [-0.1, -0.05) is 31.5 Å². The SMILES string of the molecule is C=N/C(=C\C)c1c(Cl)c(F)c(Cn2cccn2)c2[nH]ncc12.CC. The second-order valence-corrected chi connectivity index (χ2v) is 5.05. The van der Waals surface area contributed by atoms with Gasteiger partial charge in [-0.05, 0) is 19.7 Å². The van der Waals surface area contributed by atoms with Crippen molar-refractivity contribution in [2.45, 2.75) is 27.3 Å². The third-order valence-electron chi connectivity index (χ3n) is 3.47. The third-order valence-corrected chi connectivity index (χ3v) is 3.82. The third kappa shape index (κ3) is 3.10. The highest BCUT2D eigenvalue weighted by Gasteiger charge is 2.21. The molecular weight excluding hydrogens is 329 g/mol. The summed E-state index contributed by atoms with van der Waals surface area (Å²) in [6, 6.07) is 1.78. The van der Waals surface area contributed by atoms with E-state index >= 15 is 0 Å². The number of halogens is 2. The van der Waals surface area contributed by atoms with Gasteiger partial charge < -0.3 is 0 Å². The zero-order chi connectivity index (χ0) is 17.7. The number of aromatic amines is 1. The van der Waals surface area contributed by atoms with E-state index in [0.717, 1.165) is 0 Å². The van der Waals surface area contributed by atoms with Gasteiger partial charge >= 0.3 is 0 Å². The van der Waals surface area contributed by atoms with Crippen LogP contribution in [0.4, 0.5) is 4.39 Å². The molecule has 0 aliphatic carbocycles. The Kier molecular flexibility index (Phi) is 5.87. The van der Waals surface area contributed by atoms with Gasteiger partial charge in [-0.2, -0.15) is 10.2 Å². The number of allylic oxidation sites excluding steroid dienone is 1. The van der Waals surface area contributed by atoms with Crippen LogP contribution < -0.4 is 0 Å². The lowest BCUT2D eigenvalue weighted by Crippen LogP contribution is -2.05. The number of aliphatic imine (C=N–C) groups is 1. The minimum Gasteiger partial charge on any atom is -0.277 e. The lowest BCUT2D eigenvalue weighted by Gasteiger charge is -2.12. The molecule has 0 fully saturated rings. The van der Waals surface area contributed by atoms with E-state index < -0.39 is 5.82 Å². The molecule has 0 atom stereocenters. The molecule has 0 spiro atoms. The molecule has 0 unspecified atom stereocenters. The first kappa shape index (κ1) is 17.9. The van der Waals surface area contributed by atoms with Crippen LogP contribution in [0.5, 0.6) is 0 Å². The maximum Gasteiger partial charge on any atom is 0.149 e. The van der Waals surface area contributed by atoms with Gasteiger partial charge in [0, 0.05) is 28.9 Å². The smallest absolute Gasteiger partial charge is 0.149 e. The number of nitrogens with one attached hydrogen (secondary N) is 1. The van der Waals surface area contributed by atoms with E-state index in [-0.39, 0.29) is 11.6 Å². The fraction of sp³-hybridized carbons (Fsp3) is 0.235. The first-order chi connectivity index (χ1) is 11.7. The van der Waals surface area contributed by atoms with Gasteiger partial charge in [0.1, 0.15) is 5.82 Å². The van der Waals surface area contributed by atoms with Crippen LogP contribution in [0.15, 0.2) is 35.7 Å². The molecule has 0 aliphatic rings. The molecule has 0 saturated carbocycles. The molecule has 1 N–H and O–H groups in total. The first-order valence-corrected chi connectivity index (χ1v) is 7.99. The summed E-state index contributed by atoms with van der Waals surface area (Å²) in [7, 11) is 0. The van der Waals surface area contributed by atoms with Crippen LogP contribution in [0.2, 0.25) is 5.02 Å². The van der Waals surface area contributed by atoms with Crippen molar-refractivity contribution in [1.29, 1.82) is 0 Å².